The molecule has 3 aliphatic rings. The Morgan fingerprint density at radius 1 is 1.00 bits per heavy atom. The summed E-state index contributed by atoms with van der Waals surface area (Å²) in [7, 11) is 0. The maximum atomic E-state index is 14.0. The molecule has 174 valence electrons. The quantitative estimate of drug-likeness (QED) is 0.622. The minimum Gasteiger partial charge on any atom is -0.366 e. The molecule has 0 spiro atoms. The molecule has 4 heterocycles. The standard InChI is InChI=1S/C24H27FN4O2S2/c25-19-4-1-2-5-21(19)26-8-10-27(11-9-26)23(31)16-33-24(32)28-13-17-12-18(15-28)20-6-3-7-22(30)29(20)14-17/h1-7,17-18H,8-16H2. The number of thioether (sulfide) groups is 1. The largest absolute Gasteiger partial charge is 0.366 e. The van der Waals surface area contributed by atoms with Crippen LogP contribution in [0.1, 0.15) is 18.0 Å². The zero-order chi connectivity index (χ0) is 22.9. The van der Waals surface area contributed by atoms with E-state index in [4.69, 9.17) is 12.2 Å². The fraction of sp³-hybridized carbons (Fsp3) is 0.458. The van der Waals surface area contributed by atoms with Gasteiger partial charge in [-0.05, 0) is 30.5 Å². The molecule has 2 atom stereocenters. The van der Waals surface area contributed by atoms with Crippen LogP contribution in [-0.2, 0) is 11.3 Å². The molecule has 2 fully saturated rings. The van der Waals surface area contributed by atoms with Gasteiger partial charge in [-0.3, -0.25) is 9.59 Å². The van der Waals surface area contributed by atoms with Crippen molar-refractivity contribution in [3.63, 3.8) is 0 Å². The number of carbonyl (C=O) groups excluding carboxylic acids is 1. The molecule has 6 nitrogen and oxygen atoms in total. The number of aromatic nitrogens is 1. The molecule has 3 aliphatic heterocycles. The summed E-state index contributed by atoms with van der Waals surface area (Å²) in [6.07, 6.45) is 1.08. The van der Waals surface area contributed by atoms with Gasteiger partial charge in [-0.1, -0.05) is 42.2 Å². The molecule has 2 aromatic rings. The molecular weight excluding hydrogens is 459 g/mol. The number of nitrogens with zero attached hydrogens (tertiary/aromatic N) is 4. The molecule has 2 saturated heterocycles. The highest BCUT2D eigenvalue weighted by Gasteiger charge is 2.35. The molecule has 0 saturated carbocycles. The minimum absolute atomic E-state index is 0.0737. The molecule has 1 aromatic heterocycles. The van der Waals surface area contributed by atoms with Crippen molar-refractivity contribution >= 4 is 39.9 Å². The first kappa shape index (κ1) is 22.4. The van der Waals surface area contributed by atoms with Gasteiger partial charge in [0.15, 0.2) is 0 Å². The van der Waals surface area contributed by atoms with Gasteiger partial charge < -0.3 is 19.3 Å². The molecule has 2 unspecified atom stereocenters. The number of hydrogen-bond donors (Lipinski definition) is 0. The lowest BCUT2D eigenvalue weighted by atomic mass is 9.83. The van der Waals surface area contributed by atoms with E-state index in [-0.39, 0.29) is 17.3 Å². The molecule has 1 amide bonds. The summed E-state index contributed by atoms with van der Waals surface area (Å²) in [6.45, 7) is 4.77. The van der Waals surface area contributed by atoms with E-state index in [1.165, 1.54) is 17.8 Å². The van der Waals surface area contributed by atoms with Gasteiger partial charge in [-0.25, -0.2) is 4.39 Å². The van der Waals surface area contributed by atoms with Crippen molar-refractivity contribution in [3.8, 4) is 0 Å². The number of para-hydroxylation sites is 1. The Balaban J connectivity index is 1.13. The number of likely N-dealkylation sites (tertiary alicyclic amines) is 1. The van der Waals surface area contributed by atoms with Crippen LogP contribution in [0.2, 0.25) is 0 Å². The third-order valence-electron chi connectivity index (χ3n) is 6.88. The first-order valence-corrected chi connectivity index (χ1v) is 12.8. The van der Waals surface area contributed by atoms with Gasteiger partial charge in [0.2, 0.25) is 5.91 Å². The maximum absolute atomic E-state index is 14.0. The number of amides is 1. The summed E-state index contributed by atoms with van der Waals surface area (Å²) < 4.78 is 16.7. The molecule has 0 N–H and O–H groups in total. The van der Waals surface area contributed by atoms with Crippen LogP contribution in [-0.4, -0.2) is 69.6 Å². The number of thiocarbonyl (C=S) groups is 1. The Hall–Kier alpha value is -2.39. The van der Waals surface area contributed by atoms with E-state index in [9.17, 15) is 14.0 Å². The summed E-state index contributed by atoms with van der Waals surface area (Å²) in [5.41, 5.74) is 1.77. The molecule has 0 radical (unpaired) electrons. The SMILES string of the molecule is O=C(CSC(=S)N1CC2CC(C1)c1cccc(=O)n1C2)N1CCN(c2ccccc2F)CC1. The van der Waals surface area contributed by atoms with Gasteiger partial charge in [0.1, 0.15) is 10.1 Å². The second-order valence-corrected chi connectivity index (χ2v) is 10.6. The molecule has 5 rings (SSSR count). The molecule has 0 aliphatic carbocycles. The highest BCUT2D eigenvalue weighted by molar-refractivity contribution is 8.23. The van der Waals surface area contributed by atoms with Crippen molar-refractivity contribution in [2.24, 2.45) is 5.92 Å². The number of hydrogen-bond acceptors (Lipinski definition) is 5. The fourth-order valence-corrected chi connectivity index (χ4v) is 6.34. The van der Waals surface area contributed by atoms with Crippen LogP contribution >= 0.6 is 24.0 Å². The van der Waals surface area contributed by atoms with E-state index in [0.717, 1.165) is 36.1 Å². The Morgan fingerprint density at radius 2 is 1.79 bits per heavy atom. The Bertz CT molecular complexity index is 1120. The number of fused-ring (bicyclic) bond motifs is 4. The van der Waals surface area contributed by atoms with Crippen molar-refractivity contribution < 1.29 is 9.18 Å². The second-order valence-electron chi connectivity index (χ2n) is 8.98. The Morgan fingerprint density at radius 3 is 2.58 bits per heavy atom. The van der Waals surface area contributed by atoms with Crippen LogP contribution in [0.4, 0.5) is 10.1 Å². The predicted octanol–water partition coefficient (Wildman–Crippen LogP) is 2.77. The second kappa shape index (κ2) is 9.46. The van der Waals surface area contributed by atoms with E-state index in [1.54, 1.807) is 18.2 Å². The van der Waals surface area contributed by atoms with Crippen LogP contribution < -0.4 is 10.5 Å². The number of halogens is 1. The fourth-order valence-electron chi connectivity index (χ4n) is 5.26. The summed E-state index contributed by atoms with van der Waals surface area (Å²) in [6, 6.07) is 12.3. The lowest BCUT2D eigenvalue weighted by molar-refractivity contribution is -0.128. The predicted molar refractivity (Wildman–Crippen MR) is 133 cm³/mol. The zero-order valence-electron chi connectivity index (χ0n) is 18.4. The lowest BCUT2D eigenvalue weighted by Crippen LogP contribution is -2.50. The number of piperidine rings is 1. The van der Waals surface area contributed by atoms with Crippen LogP contribution in [0.3, 0.4) is 0 Å². The van der Waals surface area contributed by atoms with Gasteiger partial charge in [0, 0.05) is 63.5 Å². The van der Waals surface area contributed by atoms with Crippen LogP contribution in [0.5, 0.6) is 0 Å². The van der Waals surface area contributed by atoms with Crippen molar-refractivity contribution in [1.82, 2.24) is 14.4 Å². The van der Waals surface area contributed by atoms with Gasteiger partial charge >= 0.3 is 0 Å². The summed E-state index contributed by atoms with van der Waals surface area (Å²) in [4.78, 5) is 31.1. The topological polar surface area (TPSA) is 48.8 Å². The molecule has 2 bridgehead atoms. The number of carbonyl (C=O) groups is 1. The Labute approximate surface area is 202 Å². The minimum atomic E-state index is -0.225. The summed E-state index contributed by atoms with van der Waals surface area (Å²) in [5, 5.41) is 0. The Kier molecular flexibility index (Phi) is 6.42. The average molecular weight is 487 g/mol. The van der Waals surface area contributed by atoms with E-state index < -0.39 is 0 Å². The van der Waals surface area contributed by atoms with Crippen molar-refractivity contribution in [2.75, 3.05) is 49.9 Å². The monoisotopic (exact) mass is 486 g/mol. The lowest BCUT2D eigenvalue weighted by Gasteiger charge is -2.43. The highest BCUT2D eigenvalue weighted by atomic mass is 32.2. The first-order chi connectivity index (χ1) is 16.0. The van der Waals surface area contributed by atoms with Gasteiger partial charge in [0.05, 0.1) is 11.4 Å². The molecule has 33 heavy (non-hydrogen) atoms. The highest BCUT2D eigenvalue weighted by Crippen LogP contribution is 2.36. The van der Waals surface area contributed by atoms with E-state index >= 15 is 0 Å². The maximum Gasteiger partial charge on any atom is 0.250 e. The third-order valence-corrected chi connectivity index (χ3v) is 8.39. The van der Waals surface area contributed by atoms with E-state index in [1.807, 2.05) is 32.6 Å². The van der Waals surface area contributed by atoms with Gasteiger partial charge in [-0.15, -0.1) is 0 Å². The van der Waals surface area contributed by atoms with Crippen LogP contribution in [0, 0.1) is 11.7 Å². The summed E-state index contributed by atoms with van der Waals surface area (Å²) in [5.74, 6) is 0.867. The number of piperazine rings is 1. The molecule has 1 aromatic carbocycles. The number of benzene rings is 1. The smallest absolute Gasteiger partial charge is 0.250 e. The van der Waals surface area contributed by atoms with Crippen LogP contribution in [0.15, 0.2) is 47.3 Å². The summed E-state index contributed by atoms with van der Waals surface area (Å²) >= 11 is 7.12. The van der Waals surface area contributed by atoms with Crippen LogP contribution in [0.25, 0.3) is 0 Å². The first-order valence-electron chi connectivity index (χ1n) is 11.4. The zero-order valence-corrected chi connectivity index (χ0v) is 20.0. The van der Waals surface area contributed by atoms with Crippen molar-refractivity contribution in [1.29, 1.82) is 0 Å². The van der Waals surface area contributed by atoms with Crippen molar-refractivity contribution in [3.05, 3.63) is 64.3 Å². The van der Waals surface area contributed by atoms with E-state index in [2.05, 4.69) is 4.90 Å². The number of pyridine rings is 1. The van der Waals surface area contributed by atoms with Crippen molar-refractivity contribution in [2.45, 2.75) is 18.9 Å². The third kappa shape index (κ3) is 4.66. The number of anilines is 1. The molecular formula is C24H27FN4O2S2. The normalized spacial score (nSPS) is 22.2. The van der Waals surface area contributed by atoms with Gasteiger partial charge in [-0.2, -0.15) is 0 Å². The molecule has 9 heteroatoms. The van der Waals surface area contributed by atoms with E-state index in [0.29, 0.717) is 49.5 Å². The number of rotatable bonds is 3. The average Bonchev–Trinajstić information content (AvgIpc) is 2.83. The van der Waals surface area contributed by atoms with Gasteiger partial charge in [0.25, 0.3) is 5.56 Å².